The summed E-state index contributed by atoms with van der Waals surface area (Å²) in [5.41, 5.74) is -2.22. The molecule has 1 heterocycles. The molecule has 1 fully saturated rings. The molecule has 1 rings (SSSR count). The van der Waals surface area contributed by atoms with Crippen molar-refractivity contribution in [3.05, 3.63) is 0 Å². The van der Waals surface area contributed by atoms with Crippen LogP contribution >= 0.6 is 0 Å². The molecule has 0 aromatic rings. The van der Waals surface area contributed by atoms with Crippen LogP contribution in [-0.4, -0.2) is 47.9 Å². The van der Waals surface area contributed by atoms with E-state index in [1.807, 2.05) is 0 Å². The summed E-state index contributed by atoms with van der Waals surface area (Å²) in [5.74, 6) is -1.62. The van der Waals surface area contributed by atoms with Gasteiger partial charge in [-0.2, -0.15) is 0 Å². The van der Waals surface area contributed by atoms with E-state index < -0.39 is 36.0 Å². The lowest BCUT2D eigenvalue weighted by Gasteiger charge is -2.23. The molecule has 7 heteroatoms. The van der Waals surface area contributed by atoms with Gasteiger partial charge in [0.15, 0.2) is 0 Å². The van der Waals surface area contributed by atoms with Crippen LogP contribution in [0.25, 0.3) is 0 Å². The molecule has 0 unspecified atom stereocenters. The zero-order chi connectivity index (χ0) is 18.1. The molecule has 7 nitrogen and oxygen atoms in total. The van der Waals surface area contributed by atoms with E-state index in [1.165, 1.54) is 27.7 Å². The lowest BCUT2D eigenvalue weighted by Crippen LogP contribution is -2.38. The Hall–Kier alpha value is -1.47. The lowest BCUT2D eigenvalue weighted by atomic mass is 9.93. The Morgan fingerprint density at radius 3 is 1.91 bits per heavy atom. The van der Waals surface area contributed by atoms with Crippen molar-refractivity contribution in [2.75, 3.05) is 19.8 Å². The van der Waals surface area contributed by atoms with Crippen LogP contribution in [0.5, 0.6) is 0 Å². The van der Waals surface area contributed by atoms with Crippen molar-refractivity contribution in [2.45, 2.75) is 53.4 Å². The predicted molar refractivity (Wildman–Crippen MR) is 82.3 cm³/mol. The van der Waals surface area contributed by atoms with Gasteiger partial charge in [0.25, 0.3) is 0 Å². The van der Waals surface area contributed by atoms with Crippen LogP contribution in [0.3, 0.4) is 0 Å². The van der Waals surface area contributed by atoms with Crippen LogP contribution in [0, 0.1) is 10.8 Å². The Morgan fingerprint density at radius 2 is 1.48 bits per heavy atom. The summed E-state index contributed by atoms with van der Waals surface area (Å²) < 4.78 is 9.33. The van der Waals surface area contributed by atoms with Gasteiger partial charge in [-0.05, 0) is 47.0 Å². The minimum atomic E-state index is -1.11. The van der Waals surface area contributed by atoms with Crippen LogP contribution in [-0.2, 0) is 23.9 Å². The number of carbonyl (C=O) groups excluding carboxylic acids is 3. The zero-order valence-corrected chi connectivity index (χ0v) is 14.4. The molecule has 0 radical (unpaired) electrons. The van der Waals surface area contributed by atoms with E-state index in [1.54, 1.807) is 0 Å². The standard InChI is InChI=1S/C10H18O5.C6H10O2/c1-9(2,5-11)7(13)15-8(14)10(3,4)6-12;7-6-4-2-1-3-5-8-6/h11-12H,5-6H2,1-4H3;1-5H2. The number of carbonyl (C=O) groups is 3. The Labute approximate surface area is 137 Å². The summed E-state index contributed by atoms with van der Waals surface area (Å²) in [5, 5.41) is 17.8. The minimum absolute atomic E-state index is 0.0255. The minimum Gasteiger partial charge on any atom is -0.466 e. The van der Waals surface area contributed by atoms with Gasteiger partial charge in [-0.3, -0.25) is 14.4 Å². The molecule has 0 atom stereocenters. The summed E-state index contributed by atoms with van der Waals surface area (Å²) in [6.45, 7) is 5.70. The largest absolute Gasteiger partial charge is 0.466 e. The van der Waals surface area contributed by atoms with E-state index in [-0.39, 0.29) is 5.97 Å². The van der Waals surface area contributed by atoms with E-state index in [4.69, 9.17) is 14.9 Å². The summed E-state index contributed by atoms with van der Waals surface area (Å²) in [4.78, 5) is 33.2. The average Bonchev–Trinajstić information content (AvgIpc) is 2.75. The van der Waals surface area contributed by atoms with E-state index >= 15 is 0 Å². The van der Waals surface area contributed by atoms with Gasteiger partial charge in [0.05, 0.1) is 30.7 Å². The van der Waals surface area contributed by atoms with Gasteiger partial charge in [0.2, 0.25) is 0 Å². The number of hydrogen-bond donors (Lipinski definition) is 2. The van der Waals surface area contributed by atoms with Gasteiger partial charge in [-0.15, -0.1) is 0 Å². The highest BCUT2D eigenvalue weighted by molar-refractivity contribution is 5.91. The van der Waals surface area contributed by atoms with Gasteiger partial charge in [0, 0.05) is 6.42 Å². The highest BCUT2D eigenvalue weighted by Gasteiger charge is 2.36. The highest BCUT2D eigenvalue weighted by atomic mass is 16.6. The molecule has 1 aliphatic rings. The quantitative estimate of drug-likeness (QED) is 0.588. The van der Waals surface area contributed by atoms with E-state index in [0.717, 1.165) is 19.3 Å². The first-order valence-electron chi connectivity index (χ1n) is 7.71. The Balaban J connectivity index is 0.000000502. The monoisotopic (exact) mass is 332 g/mol. The predicted octanol–water partition coefficient (Wildman–Crippen LogP) is 1.20. The third-order valence-corrected chi connectivity index (χ3v) is 3.37. The van der Waals surface area contributed by atoms with E-state index in [2.05, 4.69) is 4.74 Å². The first kappa shape index (κ1) is 21.5. The zero-order valence-electron chi connectivity index (χ0n) is 14.4. The number of aliphatic hydroxyl groups is 2. The number of ether oxygens (including phenoxy) is 2. The maximum atomic E-state index is 11.4. The van der Waals surface area contributed by atoms with Crippen molar-refractivity contribution in [2.24, 2.45) is 10.8 Å². The SMILES string of the molecule is CC(C)(CO)C(=O)OC(=O)C(C)(C)CO.O=C1CCCCCO1. The molecule has 0 bridgehead atoms. The fourth-order valence-corrected chi connectivity index (χ4v) is 1.30. The fraction of sp³-hybridized carbons (Fsp3) is 0.812. The fourth-order valence-electron chi connectivity index (χ4n) is 1.30. The van der Waals surface area contributed by atoms with Crippen molar-refractivity contribution < 1.29 is 34.1 Å². The second-order valence-electron chi connectivity index (χ2n) is 6.79. The number of aliphatic hydroxyl groups excluding tert-OH is 2. The average molecular weight is 332 g/mol. The Kier molecular flexibility index (Phi) is 9.01. The summed E-state index contributed by atoms with van der Waals surface area (Å²) in [6, 6.07) is 0. The van der Waals surface area contributed by atoms with Crippen molar-refractivity contribution >= 4 is 17.9 Å². The number of cyclic esters (lactones) is 1. The van der Waals surface area contributed by atoms with Gasteiger partial charge < -0.3 is 19.7 Å². The summed E-state index contributed by atoms with van der Waals surface area (Å²) in [7, 11) is 0. The van der Waals surface area contributed by atoms with Crippen LogP contribution in [0.15, 0.2) is 0 Å². The lowest BCUT2D eigenvalue weighted by molar-refractivity contribution is -0.174. The van der Waals surface area contributed by atoms with Gasteiger partial charge >= 0.3 is 17.9 Å². The van der Waals surface area contributed by atoms with Crippen molar-refractivity contribution in [1.29, 1.82) is 0 Å². The highest BCUT2D eigenvalue weighted by Crippen LogP contribution is 2.21. The molecule has 23 heavy (non-hydrogen) atoms. The second kappa shape index (κ2) is 9.62. The van der Waals surface area contributed by atoms with Crippen molar-refractivity contribution in [3.8, 4) is 0 Å². The molecule has 0 amide bonds. The van der Waals surface area contributed by atoms with E-state index in [9.17, 15) is 14.4 Å². The van der Waals surface area contributed by atoms with Crippen molar-refractivity contribution in [3.63, 3.8) is 0 Å². The van der Waals surface area contributed by atoms with Gasteiger partial charge in [0.1, 0.15) is 0 Å². The van der Waals surface area contributed by atoms with Crippen LogP contribution in [0.4, 0.5) is 0 Å². The number of hydrogen-bond acceptors (Lipinski definition) is 7. The topological polar surface area (TPSA) is 110 Å². The molecule has 1 aliphatic heterocycles. The molecule has 0 aliphatic carbocycles. The third kappa shape index (κ3) is 8.08. The maximum Gasteiger partial charge on any atom is 0.321 e. The van der Waals surface area contributed by atoms with Gasteiger partial charge in [-0.25, -0.2) is 0 Å². The Morgan fingerprint density at radius 1 is 1.00 bits per heavy atom. The third-order valence-electron chi connectivity index (χ3n) is 3.37. The summed E-state index contributed by atoms with van der Waals surface area (Å²) >= 11 is 0. The summed E-state index contributed by atoms with van der Waals surface area (Å²) in [6.07, 6.45) is 3.83. The molecule has 0 saturated carbocycles. The Bertz CT molecular complexity index is 377. The van der Waals surface area contributed by atoms with Gasteiger partial charge in [-0.1, -0.05) is 0 Å². The smallest absolute Gasteiger partial charge is 0.321 e. The molecular formula is C16H28O7. The first-order valence-corrected chi connectivity index (χ1v) is 7.71. The molecular weight excluding hydrogens is 304 g/mol. The van der Waals surface area contributed by atoms with Crippen molar-refractivity contribution in [1.82, 2.24) is 0 Å². The first-order chi connectivity index (χ1) is 10.6. The van der Waals surface area contributed by atoms with Crippen LogP contribution in [0.2, 0.25) is 0 Å². The van der Waals surface area contributed by atoms with Crippen LogP contribution < -0.4 is 0 Å². The molecule has 134 valence electrons. The molecule has 0 spiro atoms. The number of esters is 3. The second-order valence-corrected chi connectivity index (χ2v) is 6.79. The molecule has 0 aromatic heterocycles. The number of rotatable bonds is 4. The maximum absolute atomic E-state index is 11.4. The van der Waals surface area contributed by atoms with E-state index in [0.29, 0.717) is 13.0 Å². The molecule has 0 aromatic carbocycles. The molecule has 1 saturated heterocycles. The normalized spacial score (nSPS) is 15.7. The molecule has 2 N–H and O–H groups in total. The van der Waals surface area contributed by atoms with Crippen LogP contribution in [0.1, 0.15) is 53.4 Å².